The van der Waals surface area contributed by atoms with Gasteiger partial charge in [-0.3, -0.25) is 4.79 Å². The molecule has 0 bridgehead atoms. The second-order valence-corrected chi connectivity index (χ2v) is 6.38. The molecular weight excluding hydrogens is 304 g/mol. The minimum Gasteiger partial charge on any atom is -0.490 e. The predicted octanol–water partition coefficient (Wildman–Crippen LogP) is 3.00. The average molecular weight is 334 g/mol. The summed E-state index contributed by atoms with van der Waals surface area (Å²) in [5.74, 6) is 1.76. The van der Waals surface area contributed by atoms with Crippen molar-refractivity contribution in [2.75, 3.05) is 33.4 Å². The van der Waals surface area contributed by atoms with E-state index in [4.69, 9.17) is 9.47 Å². The molecule has 0 aliphatic carbocycles. The molecule has 1 saturated heterocycles. The maximum atomic E-state index is 12.5. The van der Waals surface area contributed by atoms with Crippen LogP contribution in [0.25, 0.3) is 0 Å². The zero-order valence-corrected chi connectivity index (χ0v) is 15.3. The number of hydrogen-bond acceptors (Lipinski definition) is 4. The van der Waals surface area contributed by atoms with Crippen molar-refractivity contribution in [1.29, 1.82) is 0 Å². The molecule has 1 fully saturated rings. The van der Waals surface area contributed by atoms with E-state index in [9.17, 15) is 4.79 Å². The molecule has 0 saturated carbocycles. The van der Waals surface area contributed by atoms with E-state index in [0.717, 1.165) is 43.0 Å². The Balaban J connectivity index is 2.01. The van der Waals surface area contributed by atoms with Crippen molar-refractivity contribution < 1.29 is 14.3 Å². The fourth-order valence-electron chi connectivity index (χ4n) is 3.02. The topological polar surface area (TPSA) is 50.8 Å². The van der Waals surface area contributed by atoms with E-state index in [0.29, 0.717) is 13.2 Å². The van der Waals surface area contributed by atoms with Crippen LogP contribution in [0.2, 0.25) is 0 Å². The van der Waals surface area contributed by atoms with Crippen LogP contribution in [0.5, 0.6) is 11.5 Å². The van der Waals surface area contributed by atoms with Gasteiger partial charge >= 0.3 is 0 Å². The lowest BCUT2D eigenvalue weighted by molar-refractivity contribution is -0.127. The Labute approximate surface area is 145 Å². The van der Waals surface area contributed by atoms with Gasteiger partial charge in [0.25, 0.3) is 0 Å². The molecule has 1 aliphatic heterocycles. The van der Waals surface area contributed by atoms with Gasteiger partial charge < -0.3 is 19.7 Å². The molecule has 1 heterocycles. The number of carbonyl (C=O) groups excluding carboxylic acids is 1. The Kier molecular flexibility index (Phi) is 6.91. The number of amides is 1. The Morgan fingerprint density at radius 1 is 1.21 bits per heavy atom. The zero-order chi connectivity index (χ0) is 17.5. The maximum Gasteiger partial charge on any atom is 0.223 e. The van der Waals surface area contributed by atoms with E-state index in [1.807, 2.05) is 39.0 Å². The number of piperidine rings is 1. The maximum absolute atomic E-state index is 12.5. The summed E-state index contributed by atoms with van der Waals surface area (Å²) in [6, 6.07) is 5.83. The third kappa shape index (κ3) is 4.87. The summed E-state index contributed by atoms with van der Waals surface area (Å²) in [4.78, 5) is 14.8. The molecule has 2 rings (SSSR count). The van der Waals surface area contributed by atoms with Crippen molar-refractivity contribution in [3.8, 4) is 11.5 Å². The molecule has 5 heteroatoms. The van der Waals surface area contributed by atoms with Crippen LogP contribution in [0.15, 0.2) is 18.2 Å². The number of carbonyl (C=O) groups is 1. The Morgan fingerprint density at radius 2 is 1.83 bits per heavy atom. The number of ether oxygens (including phenoxy) is 2. The lowest BCUT2D eigenvalue weighted by Crippen LogP contribution is -2.39. The molecule has 134 valence electrons. The number of hydrogen-bond donors (Lipinski definition) is 1. The standard InChI is InChI=1S/C19H30N2O3/c1-5-23-17-8-7-16(13-18(17)24-6-2)14(3)20-19(22)15-9-11-21(4)12-10-15/h7-8,13-15H,5-6,9-12H2,1-4H3,(H,20,22)/t14-/m1/s1. The van der Waals surface area contributed by atoms with Gasteiger partial charge in [0.15, 0.2) is 11.5 Å². The van der Waals surface area contributed by atoms with Crippen molar-refractivity contribution in [3.63, 3.8) is 0 Å². The first kappa shape index (κ1) is 18.6. The van der Waals surface area contributed by atoms with Crippen LogP contribution in [0.4, 0.5) is 0 Å². The highest BCUT2D eigenvalue weighted by atomic mass is 16.5. The smallest absolute Gasteiger partial charge is 0.223 e. The summed E-state index contributed by atoms with van der Waals surface area (Å²) in [5, 5.41) is 3.15. The van der Waals surface area contributed by atoms with Crippen LogP contribution in [0, 0.1) is 5.92 Å². The summed E-state index contributed by atoms with van der Waals surface area (Å²) >= 11 is 0. The van der Waals surface area contributed by atoms with Crippen molar-refractivity contribution in [1.82, 2.24) is 10.2 Å². The first-order valence-corrected chi connectivity index (χ1v) is 8.93. The Hall–Kier alpha value is -1.75. The Morgan fingerprint density at radius 3 is 2.46 bits per heavy atom. The van der Waals surface area contributed by atoms with Crippen molar-refractivity contribution >= 4 is 5.91 Å². The minimum absolute atomic E-state index is 0.0490. The van der Waals surface area contributed by atoms with Gasteiger partial charge in [0, 0.05) is 5.92 Å². The highest BCUT2D eigenvalue weighted by molar-refractivity contribution is 5.79. The second kappa shape index (κ2) is 8.92. The molecule has 1 amide bonds. The van der Waals surface area contributed by atoms with Gasteiger partial charge in [-0.2, -0.15) is 0 Å². The lowest BCUT2D eigenvalue weighted by Gasteiger charge is -2.29. The molecule has 5 nitrogen and oxygen atoms in total. The monoisotopic (exact) mass is 334 g/mol. The first-order valence-electron chi connectivity index (χ1n) is 8.93. The fourth-order valence-corrected chi connectivity index (χ4v) is 3.02. The van der Waals surface area contributed by atoms with E-state index in [2.05, 4.69) is 17.3 Å². The molecule has 0 radical (unpaired) electrons. The van der Waals surface area contributed by atoms with E-state index in [-0.39, 0.29) is 17.9 Å². The fraction of sp³-hybridized carbons (Fsp3) is 0.632. The van der Waals surface area contributed by atoms with E-state index in [1.165, 1.54) is 0 Å². The number of likely N-dealkylation sites (tertiary alicyclic amines) is 1. The van der Waals surface area contributed by atoms with Crippen molar-refractivity contribution in [2.45, 2.75) is 39.7 Å². The van der Waals surface area contributed by atoms with Gasteiger partial charge in [0.05, 0.1) is 19.3 Å². The summed E-state index contributed by atoms with van der Waals surface area (Å²) < 4.78 is 11.3. The highest BCUT2D eigenvalue weighted by Gasteiger charge is 2.24. The summed E-state index contributed by atoms with van der Waals surface area (Å²) in [6.45, 7) is 9.08. The van der Waals surface area contributed by atoms with Crippen LogP contribution in [0.1, 0.15) is 45.2 Å². The molecule has 1 aliphatic rings. The van der Waals surface area contributed by atoms with Crippen LogP contribution < -0.4 is 14.8 Å². The normalized spacial score (nSPS) is 17.3. The third-order valence-electron chi connectivity index (χ3n) is 4.52. The Bertz CT molecular complexity index is 539. The first-order chi connectivity index (χ1) is 11.5. The van der Waals surface area contributed by atoms with Gasteiger partial charge in [0.1, 0.15) is 0 Å². The van der Waals surface area contributed by atoms with Gasteiger partial charge in [-0.1, -0.05) is 6.07 Å². The second-order valence-electron chi connectivity index (χ2n) is 6.38. The van der Waals surface area contributed by atoms with E-state index < -0.39 is 0 Å². The summed E-state index contributed by atoms with van der Waals surface area (Å²) in [5.41, 5.74) is 1.03. The highest BCUT2D eigenvalue weighted by Crippen LogP contribution is 2.31. The van der Waals surface area contributed by atoms with Gasteiger partial charge in [-0.25, -0.2) is 0 Å². The molecular formula is C19H30N2O3. The van der Waals surface area contributed by atoms with Gasteiger partial charge in [0.2, 0.25) is 5.91 Å². The SMILES string of the molecule is CCOc1ccc([C@@H](C)NC(=O)C2CCN(C)CC2)cc1OCC. The zero-order valence-electron chi connectivity index (χ0n) is 15.3. The van der Waals surface area contributed by atoms with Crippen LogP contribution in [-0.2, 0) is 4.79 Å². The molecule has 24 heavy (non-hydrogen) atoms. The van der Waals surface area contributed by atoms with E-state index >= 15 is 0 Å². The van der Waals surface area contributed by atoms with Crippen LogP contribution >= 0.6 is 0 Å². The average Bonchev–Trinajstić information content (AvgIpc) is 2.57. The molecule has 1 atom stereocenters. The quantitative estimate of drug-likeness (QED) is 0.833. The number of nitrogens with one attached hydrogen (secondary N) is 1. The molecule has 0 unspecified atom stereocenters. The summed E-state index contributed by atoms with van der Waals surface area (Å²) in [6.07, 6.45) is 1.87. The lowest BCUT2D eigenvalue weighted by atomic mass is 9.95. The van der Waals surface area contributed by atoms with Crippen molar-refractivity contribution in [3.05, 3.63) is 23.8 Å². The van der Waals surface area contributed by atoms with Crippen LogP contribution in [0.3, 0.4) is 0 Å². The largest absolute Gasteiger partial charge is 0.490 e. The molecule has 1 aromatic rings. The molecule has 1 aromatic carbocycles. The third-order valence-corrected chi connectivity index (χ3v) is 4.52. The molecule has 0 spiro atoms. The number of rotatable bonds is 7. The van der Waals surface area contributed by atoms with Crippen LogP contribution in [-0.4, -0.2) is 44.2 Å². The number of nitrogens with zero attached hydrogens (tertiary/aromatic N) is 1. The van der Waals surface area contributed by atoms with Gasteiger partial charge in [-0.05, 0) is 71.4 Å². The number of benzene rings is 1. The van der Waals surface area contributed by atoms with Gasteiger partial charge in [-0.15, -0.1) is 0 Å². The van der Waals surface area contributed by atoms with Crippen molar-refractivity contribution in [2.24, 2.45) is 5.92 Å². The minimum atomic E-state index is -0.0490. The molecule has 1 N–H and O–H groups in total. The predicted molar refractivity (Wildman–Crippen MR) is 95.6 cm³/mol. The van der Waals surface area contributed by atoms with E-state index in [1.54, 1.807) is 0 Å². The molecule has 0 aromatic heterocycles. The summed E-state index contributed by atoms with van der Waals surface area (Å²) in [7, 11) is 2.10.